The van der Waals surface area contributed by atoms with Crippen LogP contribution >= 0.6 is 0 Å². The Morgan fingerprint density at radius 2 is 1.82 bits per heavy atom. The van der Waals surface area contributed by atoms with E-state index in [-0.39, 0.29) is 52.1 Å². The number of allylic oxidation sites excluding steroid dienone is 1. The van der Waals surface area contributed by atoms with Gasteiger partial charge in [-0.25, -0.2) is 0 Å². The van der Waals surface area contributed by atoms with E-state index in [1.807, 2.05) is 0 Å². The Balaban J connectivity index is 0.00000128. The van der Waals surface area contributed by atoms with E-state index in [1.165, 1.54) is 12.0 Å². The largest absolute Gasteiger partial charge is 1.00 e. The minimum atomic E-state index is -0.202. The average molecular weight is 363 g/mol. The van der Waals surface area contributed by atoms with Crippen LogP contribution in [0, 0.1) is 0 Å². The van der Waals surface area contributed by atoms with Crippen molar-refractivity contribution in [1.82, 2.24) is 0 Å². The average Bonchev–Trinajstić information content (AvgIpc) is 2.56. The molecule has 0 heterocycles. The molecule has 0 N–H and O–H groups in total. The zero-order chi connectivity index (χ0) is 10.8. The van der Waals surface area contributed by atoms with Gasteiger partial charge >= 0.3 is 104 Å². The van der Waals surface area contributed by atoms with E-state index in [4.69, 9.17) is 0 Å². The van der Waals surface area contributed by atoms with Gasteiger partial charge in [-0.1, -0.05) is 0 Å². The number of fused-ring (bicyclic) bond motifs is 1. The summed E-state index contributed by atoms with van der Waals surface area (Å²) in [5.41, 5.74) is 4.89. The van der Waals surface area contributed by atoms with Crippen LogP contribution in [0.5, 0.6) is 0 Å². The summed E-state index contributed by atoms with van der Waals surface area (Å²) < 4.78 is 0.902. The van der Waals surface area contributed by atoms with Crippen molar-refractivity contribution >= 4 is 11.5 Å². The van der Waals surface area contributed by atoms with E-state index in [9.17, 15) is 0 Å². The molecule has 0 spiro atoms. The number of halogens is 2. The van der Waals surface area contributed by atoms with Gasteiger partial charge in [0.05, 0.1) is 0 Å². The molecular weight excluding hydrogens is 346 g/mol. The Bertz CT molecular complexity index is 437. The third-order valence-electron chi connectivity index (χ3n) is 2.86. The smallest absolute Gasteiger partial charge is 1.00 e. The number of benzene rings is 1. The summed E-state index contributed by atoms with van der Waals surface area (Å²) in [5, 5.41) is 0. The van der Waals surface area contributed by atoms with Crippen molar-refractivity contribution in [3.63, 3.8) is 0 Å². The normalized spacial score (nSPS) is 15.9. The maximum atomic E-state index is 2.49. The van der Waals surface area contributed by atoms with Crippen molar-refractivity contribution in [3.05, 3.63) is 41.0 Å². The SMILES string of the molecule is CCC1=Cc2ccccc2[CH]1[Zr+2]=[Si](C)C.[Cl-].[Cl-]. The molecule has 1 aliphatic carbocycles. The Morgan fingerprint density at radius 3 is 2.41 bits per heavy atom. The van der Waals surface area contributed by atoms with Gasteiger partial charge in [0, 0.05) is 0 Å². The Labute approximate surface area is 128 Å². The van der Waals surface area contributed by atoms with Gasteiger partial charge < -0.3 is 24.8 Å². The molecule has 1 aromatic carbocycles. The van der Waals surface area contributed by atoms with Crippen molar-refractivity contribution in [2.75, 3.05) is 0 Å². The topological polar surface area (TPSA) is 0 Å². The summed E-state index contributed by atoms with van der Waals surface area (Å²) in [6.45, 7) is 7.29. The molecule has 0 amide bonds. The first kappa shape index (κ1) is 17.6. The summed E-state index contributed by atoms with van der Waals surface area (Å²) in [6, 6.07) is 9.00. The summed E-state index contributed by atoms with van der Waals surface area (Å²) in [6.07, 6.45) is 3.70. The van der Waals surface area contributed by atoms with Crippen molar-refractivity contribution in [2.45, 2.75) is 30.1 Å². The molecule has 4 heteroatoms. The minimum absolute atomic E-state index is 0. The Kier molecular flexibility index (Phi) is 8.24. The van der Waals surface area contributed by atoms with E-state index in [2.05, 4.69) is 50.4 Å². The molecule has 0 fully saturated rings. The van der Waals surface area contributed by atoms with Crippen molar-refractivity contribution < 1.29 is 46.7 Å². The summed E-state index contributed by atoms with van der Waals surface area (Å²) in [7, 11) is 0. The molecule has 17 heavy (non-hydrogen) atoms. The van der Waals surface area contributed by atoms with Gasteiger partial charge in [0.2, 0.25) is 0 Å². The summed E-state index contributed by atoms with van der Waals surface area (Å²) in [5.74, 6) is 0. The van der Waals surface area contributed by atoms with Crippen LogP contribution in [0.25, 0.3) is 6.08 Å². The molecule has 0 nitrogen and oxygen atoms in total. The van der Waals surface area contributed by atoms with Gasteiger partial charge in [-0.3, -0.25) is 0 Å². The van der Waals surface area contributed by atoms with Crippen LogP contribution in [-0.4, -0.2) is 5.43 Å². The second-order valence-electron chi connectivity index (χ2n) is 4.28. The van der Waals surface area contributed by atoms with Crippen LogP contribution in [0.1, 0.15) is 28.1 Å². The van der Waals surface area contributed by atoms with Gasteiger partial charge in [-0.2, -0.15) is 0 Å². The zero-order valence-corrected chi connectivity index (χ0v) is 15.4. The first-order chi connectivity index (χ1) is 7.22. The standard InChI is InChI=1S/C11H11.C2H6Si.2ClH.Zr/c1-2-9-7-10-5-3-4-6-11(10)8-9;1-3-2;;;/h3-8H,2H2,1H3;1-2H3;2*1H;/q;;;;+2/p-2. The summed E-state index contributed by atoms with van der Waals surface area (Å²) in [4.78, 5) is 0. The monoisotopic (exact) mass is 361 g/mol. The molecule has 0 aliphatic heterocycles. The summed E-state index contributed by atoms with van der Waals surface area (Å²) >= 11 is -0.202. The molecular formula is C13H17Cl2SiZr. The van der Waals surface area contributed by atoms with Crippen molar-refractivity contribution in [2.24, 2.45) is 0 Å². The molecule has 0 saturated carbocycles. The molecule has 0 radical (unpaired) electrons. The quantitative estimate of drug-likeness (QED) is 0.527. The predicted octanol–water partition coefficient (Wildman–Crippen LogP) is -2.12. The molecule has 1 atom stereocenters. The molecule has 91 valence electrons. The molecule has 0 saturated heterocycles. The third kappa shape index (κ3) is 4.06. The fraction of sp³-hybridized carbons (Fsp3) is 0.385. The number of hydrogen-bond donors (Lipinski definition) is 0. The fourth-order valence-electron chi connectivity index (χ4n) is 2.15. The van der Waals surface area contributed by atoms with E-state index < -0.39 is 0 Å². The number of hydrogen-bond acceptors (Lipinski definition) is 0. The maximum Gasteiger partial charge on any atom is -1.00 e. The second kappa shape index (κ2) is 7.94. The van der Waals surface area contributed by atoms with Crippen molar-refractivity contribution in [1.29, 1.82) is 0 Å². The van der Waals surface area contributed by atoms with Crippen LogP contribution in [0.2, 0.25) is 13.1 Å². The van der Waals surface area contributed by atoms with E-state index in [0.29, 0.717) is 0 Å². The maximum absolute atomic E-state index is 2.49. The minimum Gasteiger partial charge on any atom is -1.00 e. The fourth-order valence-corrected chi connectivity index (χ4v) is 11.2. The van der Waals surface area contributed by atoms with Gasteiger partial charge in [0.1, 0.15) is 0 Å². The molecule has 0 aromatic heterocycles. The molecule has 1 unspecified atom stereocenters. The molecule has 2 rings (SSSR count). The van der Waals surface area contributed by atoms with Crippen LogP contribution in [0.15, 0.2) is 29.8 Å². The van der Waals surface area contributed by atoms with Crippen LogP contribution < -0.4 is 24.8 Å². The van der Waals surface area contributed by atoms with Crippen LogP contribution in [-0.2, 0) is 21.9 Å². The molecule has 1 aromatic rings. The molecule has 0 bridgehead atoms. The second-order valence-corrected chi connectivity index (χ2v) is 17.5. The third-order valence-corrected chi connectivity index (χ3v) is 11.8. The van der Waals surface area contributed by atoms with Gasteiger partial charge in [0.25, 0.3) is 0 Å². The van der Waals surface area contributed by atoms with Crippen LogP contribution in [0.3, 0.4) is 0 Å². The Morgan fingerprint density at radius 1 is 1.18 bits per heavy atom. The van der Waals surface area contributed by atoms with Crippen LogP contribution in [0.4, 0.5) is 0 Å². The van der Waals surface area contributed by atoms with E-state index in [0.717, 1.165) is 3.63 Å². The zero-order valence-electron chi connectivity index (χ0n) is 10.4. The first-order valence-corrected chi connectivity index (χ1v) is 13.2. The predicted molar refractivity (Wildman–Crippen MR) is 64.9 cm³/mol. The van der Waals surface area contributed by atoms with Gasteiger partial charge in [0.15, 0.2) is 0 Å². The first-order valence-electron chi connectivity index (χ1n) is 5.58. The van der Waals surface area contributed by atoms with Gasteiger partial charge in [-0.05, 0) is 0 Å². The van der Waals surface area contributed by atoms with E-state index in [1.54, 1.807) is 11.1 Å². The Hall–Kier alpha value is 0.640. The number of rotatable bonds is 2. The van der Waals surface area contributed by atoms with Gasteiger partial charge in [-0.15, -0.1) is 0 Å². The van der Waals surface area contributed by atoms with Crippen molar-refractivity contribution in [3.8, 4) is 0 Å². The van der Waals surface area contributed by atoms with E-state index >= 15 is 0 Å². The molecule has 1 aliphatic rings.